The van der Waals surface area contributed by atoms with E-state index in [1.165, 1.54) is 17.2 Å². The van der Waals surface area contributed by atoms with Gasteiger partial charge < -0.3 is 5.32 Å². The van der Waals surface area contributed by atoms with E-state index in [4.69, 9.17) is 5.21 Å². The molecule has 1 aliphatic carbocycles. The molecule has 0 bridgehead atoms. The van der Waals surface area contributed by atoms with Crippen LogP contribution < -0.4 is 10.8 Å². The van der Waals surface area contributed by atoms with Crippen LogP contribution in [0.5, 0.6) is 0 Å². The number of aromatic nitrogens is 2. The number of hydroxylamine groups is 1. The SMILES string of the molecule is Cc1cnc(CNC2CCc3cc(C=CC(=O)NO)ccc32)cn1. The minimum absolute atomic E-state index is 0.307. The van der Waals surface area contributed by atoms with Crippen LogP contribution in [0.2, 0.25) is 0 Å². The molecule has 0 saturated heterocycles. The van der Waals surface area contributed by atoms with E-state index in [9.17, 15) is 4.79 Å². The lowest BCUT2D eigenvalue weighted by Crippen LogP contribution is -2.19. The Labute approximate surface area is 140 Å². The molecular formula is C18H20N4O2. The van der Waals surface area contributed by atoms with Crippen LogP contribution in [-0.2, 0) is 17.8 Å². The average Bonchev–Trinajstić information content (AvgIpc) is 3.01. The van der Waals surface area contributed by atoms with Gasteiger partial charge in [0, 0.05) is 31.1 Å². The highest BCUT2D eigenvalue weighted by atomic mass is 16.5. The van der Waals surface area contributed by atoms with Crippen molar-refractivity contribution in [2.75, 3.05) is 0 Å². The van der Waals surface area contributed by atoms with Crippen molar-refractivity contribution in [1.82, 2.24) is 20.8 Å². The number of nitrogens with one attached hydrogen (secondary N) is 2. The maximum atomic E-state index is 11.0. The molecule has 0 radical (unpaired) electrons. The van der Waals surface area contributed by atoms with Crippen LogP contribution >= 0.6 is 0 Å². The quantitative estimate of drug-likeness (QED) is 0.445. The number of nitrogens with zero attached hydrogens (tertiary/aromatic N) is 2. The van der Waals surface area contributed by atoms with E-state index in [0.717, 1.165) is 29.8 Å². The van der Waals surface area contributed by atoms with Gasteiger partial charge >= 0.3 is 0 Å². The molecule has 0 aliphatic heterocycles. The van der Waals surface area contributed by atoms with Gasteiger partial charge in [0.25, 0.3) is 5.91 Å². The minimum atomic E-state index is -0.533. The molecule has 1 aromatic heterocycles. The summed E-state index contributed by atoms with van der Waals surface area (Å²) in [6.45, 7) is 2.61. The zero-order chi connectivity index (χ0) is 16.9. The maximum Gasteiger partial charge on any atom is 0.267 e. The number of fused-ring (bicyclic) bond motifs is 1. The van der Waals surface area contributed by atoms with E-state index in [0.29, 0.717) is 12.6 Å². The van der Waals surface area contributed by atoms with Gasteiger partial charge in [-0.15, -0.1) is 0 Å². The highest BCUT2D eigenvalue weighted by Crippen LogP contribution is 2.32. The molecule has 1 unspecified atom stereocenters. The molecule has 1 atom stereocenters. The van der Waals surface area contributed by atoms with Crippen LogP contribution in [0.25, 0.3) is 6.08 Å². The molecule has 6 heteroatoms. The molecule has 6 nitrogen and oxygen atoms in total. The molecule has 1 aromatic carbocycles. The molecule has 3 N–H and O–H groups in total. The molecule has 0 spiro atoms. The van der Waals surface area contributed by atoms with Gasteiger partial charge in [0.1, 0.15) is 0 Å². The predicted molar refractivity (Wildman–Crippen MR) is 90.1 cm³/mol. The molecular weight excluding hydrogens is 304 g/mol. The first-order valence-corrected chi connectivity index (χ1v) is 7.91. The van der Waals surface area contributed by atoms with Crippen molar-refractivity contribution < 1.29 is 10.0 Å². The first-order valence-electron chi connectivity index (χ1n) is 7.91. The Hall–Kier alpha value is -2.57. The van der Waals surface area contributed by atoms with E-state index in [-0.39, 0.29) is 0 Å². The molecule has 1 aliphatic rings. The van der Waals surface area contributed by atoms with E-state index < -0.39 is 5.91 Å². The molecule has 0 fully saturated rings. The summed E-state index contributed by atoms with van der Waals surface area (Å²) >= 11 is 0. The Balaban J connectivity index is 1.65. The number of benzene rings is 1. The number of amides is 1. The van der Waals surface area contributed by atoms with Crippen LogP contribution in [0.15, 0.2) is 36.7 Å². The summed E-state index contributed by atoms with van der Waals surface area (Å²) in [5.74, 6) is -0.533. The fourth-order valence-corrected chi connectivity index (χ4v) is 2.90. The molecule has 1 heterocycles. The van der Waals surface area contributed by atoms with Gasteiger partial charge in [0.2, 0.25) is 0 Å². The third-order valence-corrected chi connectivity index (χ3v) is 4.15. The van der Waals surface area contributed by atoms with E-state index >= 15 is 0 Å². The normalized spacial score (nSPS) is 16.3. The second kappa shape index (κ2) is 7.33. The smallest absolute Gasteiger partial charge is 0.267 e. The fraction of sp³-hybridized carbons (Fsp3) is 0.278. The summed E-state index contributed by atoms with van der Waals surface area (Å²) in [4.78, 5) is 19.7. The van der Waals surface area contributed by atoms with Crippen molar-refractivity contribution in [3.63, 3.8) is 0 Å². The number of hydrogen-bond donors (Lipinski definition) is 3. The topological polar surface area (TPSA) is 87.1 Å². The Morgan fingerprint density at radius 2 is 2.25 bits per heavy atom. The van der Waals surface area contributed by atoms with Crippen molar-refractivity contribution in [3.8, 4) is 0 Å². The molecule has 124 valence electrons. The lowest BCUT2D eigenvalue weighted by molar-refractivity contribution is -0.124. The van der Waals surface area contributed by atoms with Gasteiger partial charge in [0.05, 0.1) is 11.4 Å². The Bertz CT molecular complexity index is 756. The summed E-state index contributed by atoms with van der Waals surface area (Å²) in [6.07, 6.45) is 8.62. The van der Waals surface area contributed by atoms with Gasteiger partial charge in [0.15, 0.2) is 0 Å². The zero-order valence-corrected chi connectivity index (χ0v) is 13.5. The van der Waals surface area contributed by atoms with Gasteiger partial charge in [-0.25, -0.2) is 5.48 Å². The van der Waals surface area contributed by atoms with Gasteiger partial charge in [-0.2, -0.15) is 0 Å². The Kier molecular flexibility index (Phi) is 4.98. The lowest BCUT2D eigenvalue weighted by atomic mass is 10.0. The van der Waals surface area contributed by atoms with Crippen molar-refractivity contribution in [3.05, 3.63) is 64.7 Å². The van der Waals surface area contributed by atoms with Crippen LogP contribution in [0.3, 0.4) is 0 Å². The highest BCUT2D eigenvalue weighted by molar-refractivity contribution is 5.90. The lowest BCUT2D eigenvalue weighted by Gasteiger charge is -2.14. The summed E-state index contributed by atoms with van der Waals surface area (Å²) in [7, 11) is 0. The van der Waals surface area contributed by atoms with Crippen LogP contribution in [0.4, 0.5) is 0 Å². The molecule has 2 aromatic rings. The van der Waals surface area contributed by atoms with E-state index in [2.05, 4.69) is 27.4 Å². The highest BCUT2D eigenvalue weighted by Gasteiger charge is 2.22. The van der Waals surface area contributed by atoms with Crippen molar-refractivity contribution in [2.45, 2.75) is 32.4 Å². The summed E-state index contributed by atoms with van der Waals surface area (Å²) < 4.78 is 0. The van der Waals surface area contributed by atoms with Gasteiger partial charge in [-0.1, -0.05) is 18.2 Å². The van der Waals surface area contributed by atoms with Crippen LogP contribution in [0.1, 0.15) is 40.5 Å². The second-order valence-electron chi connectivity index (χ2n) is 5.89. The maximum absolute atomic E-state index is 11.0. The summed E-state index contributed by atoms with van der Waals surface area (Å²) in [5.41, 5.74) is 6.96. The first kappa shape index (κ1) is 16.3. The van der Waals surface area contributed by atoms with Gasteiger partial charge in [-0.3, -0.25) is 20.0 Å². The number of carbonyl (C=O) groups is 1. The third kappa shape index (κ3) is 3.84. The third-order valence-electron chi connectivity index (χ3n) is 4.15. The zero-order valence-electron chi connectivity index (χ0n) is 13.5. The summed E-state index contributed by atoms with van der Waals surface area (Å²) in [5, 5.41) is 12.0. The molecule has 3 rings (SSSR count). The van der Waals surface area contributed by atoms with Crippen molar-refractivity contribution in [2.24, 2.45) is 0 Å². The largest absolute Gasteiger partial charge is 0.304 e. The number of hydrogen-bond acceptors (Lipinski definition) is 5. The number of rotatable bonds is 5. The number of carbonyl (C=O) groups excluding carboxylic acids is 1. The summed E-state index contributed by atoms with van der Waals surface area (Å²) in [6, 6.07) is 6.47. The van der Waals surface area contributed by atoms with Crippen LogP contribution in [-0.4, -0.2) is 21.1 Å². The fourth-order valence-electron chi connectivity index (χ4n) is 2.90. The van der Waals surface area contributed by atoms with Gasteiger partial charge in [-0.05, 0) is 42.5 Å². The van der Waals surface area contributed by atoms with Crippen molar-refractivity contribution >= 4 is 12.0 Å². The minimum Gasteiger partial charge on any atom is -0.304 e. The monoisotopic (exact) mass is 324 g/mol. The van der Waals surface area contributed by atoms with E-state index in [1.54, 1.807) is 23.9 Å². The average molecular weight is 324 g/mol. The molecule has 1 amide bonds. The first-order chi connectivity index (χ1) is 11.7. The Morgan fingerprint density at radius 3 is 3.00 bits per heavy atom. The number of aryl methyl sites for hydroxylation is 2. The predicted octanol–water partition coefficient (Wildman–Crippen LogP) is 2.08. The standard InChI is InChI=1S/C18H20N4O2/c1-12-9-20-15(10-19-12)11-21-17-6-4-14-8-13(2-5-16(14)17)3-7-18(23)22-24/h2-3,5,7-10,17,21,24H,4,6,11H2,1H3,(H,22,23). The molecule has 0 saturated carbocycles. The van der Waals surface area contributed by atoms with E-state index in [1.807, 2.05) is 13.0 Å². The molecule has 24 heavy (non-hydrogen) atoms. The van der Waals surface area contributed by atoms with Crippen LogP contribution in [0, 0.1) is 6.92 Å². The van der Waals surface area contributed by atoms with Crippen molar-refractivity contribution in [1.29, 1.82) is 0 Å². The Morgan fingerprint density at radius 1 is 1.38 bits per heavy atom. The second-order valence-corrected chi connectivity index (χ2v) is 5.89.